The van der Waals surface area contributed by atoms with E-state index in [1.54, 1.807) is 6.92 Å². The van der Waals surface area contributed by atoms with Gasteiger partial charge in [0.15, 0.2) is 0 Å². The summed E-state index contributed by atoms with van der Waals surface area (Å²) in [6.07, 6.45) is 0.865. The summed E-state index contributed by atoms with van der Waals surface area (Å²) in [5.74, 6) is -0.276. The summed E-state index contributed by atoms with van der Waals surface area (Å²) >= 11 is 0. The van der Waals surface area contributed by atoms with E-state index in [1.165, 1.54) is 7.11 Å². The molecule has 0 radical (unpaired) electrons. The van der Waals surface area contributed by atoms with E-state index in [2.05, 4.69) is 10.1 Å². The van der Waals surface area contributed by atoms with Gasteiger partial charge < -0.3 is 15.2 Å². The second-order valence-electron chi connectivity index (χ2n) is 3.95. The zero-order chi connectivity index (χ0) is 11.2. The molecule has 14 heavy (non-hydrogen) atoms. The molecule has 0 aromatic heterocycles. The van der Waals surface area contributed by atoms with Crippen LogP contribution in [0.2, 0.25) is 0 Å². The zero-order valence-corrected chi connectivity index (χ0v) is 9.46. The molecule has 0 spiro atoms. The van der Waals surface area contributed by atoms with Gasteiger partial charge in [-0.2, -0.15) is 0 Å². The van der Waals surface area contributed by atoms with E-state index in [0.29, 0.717) is 6.54 Å². The van der Waals surface area contributed by atoms with E-state index >= 15 is 0 Å². The third-order valence-corrected chi connectivity index (χ3v) is 2.63. The highest BCUT2D eigenvalue weighted by molar-refractivity contribution is 5.75. The van der Waals surface area contributed by atoms with Crippen molar-refractivity contribution in [3.05, 3.63) is 0 Å². The van der Waals surface area contributed by atoms with Crippen LogP contribution in [0.4, 0.5) is 0 Å². The van der Waals surface area contributed by atoms with Crippen LogP contribution in [0.15, 0.2) is 0 Å². The fraction of sp³-hybridized carbons (Fsp3) is 0.900. The van der Waals surface area contributed by atoms with Gasteiger partial charge in [-0.05, 0) is 13.3 Å². The number of ether oxygens (including phenoxy) is 1. The van der Waals surface area contributed by atoms with Gasteiger partial charge >= 0.3 is 5.97 Å². The highest BCUT2D eigenvalue weighted by atomic mass is 16.5. The molecular formula is C10H21NO3. The van der Waals surface area contributed by atoms with Gasteiger partial charge in [-0.15, -0.1) is 0 Å². The lowest BCUT2D eigenvalue weighted by Gasteiger charge is -2.27. The molecule has 4 nitrogen and oxygen atoms in total. The first-order valence-corrected chi connectivity index (χ1v) is 4.91. The third-order valence-electron chi connectivity index (χ3n) is 2.63. The van der Waals surface area contributed by atoms with Gasteiger partial charge in [-0.1, -0.05) is 13.8 Å². The lowest BCUT2D eigenvalue weighted by atomic mass is 9.88. The minimum Gasteiger partial charge on any atom is -0.468 e. The average Bonchev–Trinajstić information content (AvgIpc) is 2.24. The Hall–Kier alpha value is -0.610. The highest BCUT2D eigenvalue weighted by Gasteiger charge is 2.23. The summed E-state index contributed by atoms with van der Waals surface area (Å²) in [6.45, 7) is 6.46. The predicted molar refractivity (Wildman–Crippen MR) is 55.0 cm³/mol. The van der Waals surface area contributed by atoms with Gasteiger partial charge in [0.2, 0.25) is 0 Å². The van der Waals surface area contributed by atoms with Crippen molar-refractivity contribution in [2.24, 2.45) is 5.41 Å². The van der Waals surface area contributed by atoms with E-state index in [4.69, 9.17) is 5.11 Å². The summed E-state index contributed by atoms with van der Waals surface area (Å²) in [7, 11) is 1.37. The Bertz CT molecular complexity index is 178. The topological polar surface area (TPSA) is 58.6 Å². The van der Waals surface area contributed by atoms with Crippen molar-refractivity contribution in [3.8, 4) is 0 Å². The van der Waals surface area contributed by atoms with E-state index in [9.17, 15) is 4.79 Å². The number of aliphatic hydroxyl groups is 1. The van der Waals surface area contributed by atoms with Crippen molar-refractivity contribution in [2.75, 3.05) is 20.3 Å². The van der Waals surface area contributed by atoms with Gasteiger partial charge in [0, 0.05) is 18.6 Å². The smallest absolute Gasteiger partial charge is 0.322 e. The van der Waals surface area contributed by atoms with Crippen molar-refractivity contribution in [1.82, 2.24) is 5.32 Å². The average molecular weight is 203 g/mol. The van der Waals surface area contributed by atoms with Crippen LogP contribution in [0, 0.1) is 5.41 Å². The molecule has 0 bridgehead atoms. The largest absolute Gasteiger partial charge is 0.468 e. The maximum Gasteiger partial charge on any atom is 0.322 e. The van der Waals surface area contributed by atoms with Gasteiger partial charge in [0.25, 0.3) is 0 Å². The highest BCUT2D eigenvalue weighted by Crippen LogP contribution is 2.18. The molecule has 0 aliphatic rings. The van der Waals surface area contributed by atoms with Crippen LogP contribution in [0.3, 0.4) is 0 Å². The van der Waals surface area contributed by atoms with Crippen molar-refractivity contribution in [1.29, 1.82) is 0 Å². The van der Waals surface area contributed by atoms with E-state index in [0.717, 1.165) is 6.42 Å². The first-order valence-electron chi connectivity index (χ1n) is 4.91. The predicted octanol–water partition coefficient (Wildman–Crippen LogP) is 0.546. The molecule has 0 heterocycles. The Morgan fingerprint density at radius 2 is 2.21 bits per heavy atom. The van der Waals surface area contributed by atoms with E-state index in [-0.39, 0.29) is 24.0 Å². The molecule has 0 saturated carbocycles. The van der Waals surface area contributed by atoms with Crippen LogP contribution in [0.1, 0.15) is 27.2 Å². The fourth-order valence-electron chi connectivity index (χ4n) is 0.952. The molecular weight excluding hydrogens is 182 g/mol. The maximum atomic E-state index is 11.1. The first-order chi connectivity index (χ1) is 6.49. The molecule has 0 amide bonds. The molecule has 0 aromatic carbocycles. The Morgan fingerprint density at radius 1 is 1.64 bits per heavy atom. The SMILES string of the molecule is CCC(C)(CO)CN[C@@H](C)C(=O)OC. The molecule has 0 saturated heterocycles. The summed E-state index contributed by atoms with van der Waals surface area (Å²) < 4.78 is 4.58. The molecule has 84 valence electrons. The summed E-state index contributed by atoms with van der Waals surface area (Å²) in [5, 5.41) is 12.2. The van der Waals surface area contributed by atoms with Crippen LogP contribution < -0.4 is 5.32 Å². The number of hydrogen-bond donors (Lipinski definition) is 2. The lowest BCUT2D eigenvalue weighted by Crippen LogP contribution is -2.42. The van der Waals surface area contributed by atoms with E-state index < -0.39 is 0 Å². The maximum absolute atomic E-state index is 11.1. The quantitative estimate of drug-likeness (QED) is 0.619. The summed E-state index contributed by atoms with van der Waals surface area (Å²) in [4.78, 5) is 11.1. The summed E-state index contributed by atoms with van der Waals surface area (Å²) in [5.41, 5.74) is -0.164. The van der Waals surface area contributed by atoms with Crippen LogP contribution in [-0.4, -0.2) is 37.4 Å². The normalized spacial score (nSPS) is 17.2. The standard InChI is InChI=1S/C10H21NO3/c1-5-10(3,7-12)6-11-8(2)9(13)14-4/h8,11-12H,5-7H2,1-4H3/t8-,10?/m0/s1. The Morgan fingerprint density at radius 3 is 2.57 bits per heavy atom. The minimum absolute atomic E-state index is 0.115. The fourth-order valence-corrected chi connectivity index (χ4v) is 0.952. The number of rotatable bonds is 6. The Kier molecular flexibility index (Phi) is 5.72. The number of carbonyl (C=O) groups excluding carboxylic acids is 1. The van der Waals surface area contributed by atoms with Crippen LogP contribution in [0.5, 0.6) is 0 Å². The summed E-state index contributed by atoms with van der Waals surface area (Å²) in [6, 6.07) is -0.322. The van der Waals surface area contributed by atoms with Gasteiger partial charge in [-0.25, -0.2) is 0 Å². The third kappa shape index (κ3) is 4.07. The van der Waals surface area contributed by atoms with Gasteiger partial charge in [-0.3, -0.25) is 4.79 Å². The van der Waals surface area contributed by atoms with Crippen LogP contribution >= 0.6 is 0 Å². The number of esters is 1. The number of carbonyl (C=O) groups is 1. The molecule has 2 N–H and O–H groups in total. The lowest BCUT2D eigenvalue weighted by molar-refractivity contribution is -0.142. The van der Waals surface area contributed by atoms with Crippen molar-refractivity contribution < 1.29 is 14.6 Å². The molecule has 0 fully saturated rings. The van der Waals surface area contributed by atoms with Crippen LogP contribution in [-0.2, 0) is 9.53 Å². The van der Waals surface area contributed by atoms with Crippen molar-refractivity contribution in [2.45, 2.75) is 33.2 Å². The van der Waals surface area contributed by atoms with Gasteiger partial charge in [0.05, 0.1) is 7.11 Å². The molecule has 0 aliphatic heterocycles. The molecule has 4 heteroatoms. The van der Waals surface area contributed by atoms with Crippen molar-refractivity contribution in [3.63, 3.8) is 0 Å². The number of nitrogens with one attached hydrogen (secondary N) is 1. The van der Waals surface area contributed by atoms with Crippen LogP contribution in [0.25, 0.3) is 0 Å². The molecule has 1 unspecified atom stereocenters. The monoisotopic (exact) mass is 203 g/mol. The van der Waals surface area contributed by atoms with Gasteiger partial charge in [0.1, 0.15) is 6.04 Å². The second kappa shape index (κ2) is 5.98. The molecule has 2 atom stereocenters. The second-order valence-corrected chi connectivity index (χ2v) is 3.95. The number of methoxy groups -OCH3 is 1. The zero-order valence-electron chi connectivity index (χ0n) is 9.46. The van der Waals surface area contributed by atoms with Crippen molar-refractivity contribution >= 4 is 5.97 Å². The Labute approximate surface area is 85.6 Å². The molecule has 0 aromatic rings. The molecule has 0 rings (SSSR count). The number of hydrogen-bond acceptors (Lipinski definition) is 4. The number of aliphatic hydroxyl groups excluding tert-OH is 1. The Balaban J connectivity index is 3.97. The molecule has 0 aliphatic carbocycles. The van der Waals surface area contributed by atoms with E-state index in [1.807, 2.05) is 13.8 Å². The minimum atomic E-state index is -0.322. The first kappa shape index (κ1) is 13.4.